The summed E-state index contributed by atoms with van der Waals surface area (Å²) in [4.78, 5) is 25.4. The van der Waals surface area contributed by atoms with Gasteiger partial charge in [-0.2, -0.15) is 0 Å². The van der Waals surface area contributed by atoms with Crippen molar-refractivity contribution in [1.29, 1.82) is 0 Å². The first-order chi connectivity index (χ1) is 8.02. The summed E-state index contributed by atoms with van der Waals surface area (Å²) in [5.41, 5.74) is 0. The lowest BCUT2D eigenvalue weighted by atomic mass is 9.87. The standard InChI is InChI=1S/C12H18N2O2S/c1-4-6-8(3)9-10(15)13-12(17)14(7-5-2)11(9)16/h5,8-9H,2,4,6-7H2,1,3H3,(H,13,15,17). The maximum atomic E-state index is 12.2. The van der Waals surface area contributed by atoms with Crippen LogP contribution in [0.5, 0.6) is 0 Å². The maximum absolute atomic E-state index is 12.2. The molecule has 5 heteroatoms. The molecule has 1 aliphatic rings. The molecule has 2 unspecified atom stereocenters. The number of thiocarbonyl (C=S) groups is 1. The van der Waals surface area contributed by atoms with E-state index in [2.05, 4.69) is 11.9 Å². The van der Waals surface area contributed by atoms with Gasteiger partial charge in [0.15, 0.2) is 5.11 Å². The van der Waals surface area contributed by atoms with Gasteiger partial charge in [0.25, 0.3) is 0 Å². The van der Waals surface area contributed by atoms with Crippen molar-refractivity contribution >= 4 is 29.1 Å². The molecule has 17 heavy (non-hydrogen) atoms. The molecule has 1 N–H and O–H groups in total. The summed E-state index contributed by atoms with van der Waals surface area (Å²) in [6.45, 7) is 7.88. The molecule has 1 fully saturated rings. The van der Waals surface area contributed by atoms with Gasteiger partial charge in [0.05, 0.1) is 0 Å². The number of hydrogen-bond donors (Lipinski definition) is 1. The second-order valence-electron chi connectivity index (χ2n) is 4.28. The van der Waals surface area contributed by atoms with Gasteiger partial charge in [-0.15, -0.1) is 6.58 Å². The quantitative estimate of drug-likeness (QED) is 0.459. The Bertz CT molecular complexity index is 354. The molecular weight excluding hydrogens is 236 g/mol. The Hall–Kier alpha value is -1.23. The van der Waals surface area contributed by atoms with Crippen LogP contribution in [-0.4, -0.2) is 28.4 Å². The van der Waals surface area contributed by atoms with Crippen molar-refractivity contribution in [3.8, 4) is 0 Å². The summed E-state index contributed by atoms with van der Waals surface area (Å²) >= 11 is 4.98. The van der Waals surface area contributed by atoms with Gasteiger partial charge in [-0.05, 0) is 24.6 Å². The zero-order valence-corrected chi connectivity index (χ0v) is 11.0. The first kappa shape index (κ1) is 13.8. The largest absolute Gasteiger partial charge is 0.302 e. The third-order valence-corrected chi connectivity index (χ3v) is 3.24. The van der Waals surface area contributed by atoms with Crippen LogP contribution in [0, 0.1) is 11.8 Å². The molecule has 1 aliphatic heterocycles. The average molecular weight is 254 g/mol. The van der Waals surface area contributed by atoms with Gasteiger partial charge in [-0.25, -0.2) is 0 Å². The molecule has 1 saturated heterocycles. The fourth-order valence-corrected chi connectivity index (χ4v) is 2.32. The fourth-order valence-electron chi connectivity index (χ4n) is 2.06. The van der Waals surface area contributed by atoms with Crippen molar-refractivity contribution in [3.63, 3.8) is 0 Å². The number of nitrogens with one attached hydrogen (secondary N) is 1. The molecule has 0 aromatic heterocycles. The van der Waals surface area contributed by atoms with Gasteiger partial charge in [0, 0.05) is 6.54 Å². The highest BCUT2D eigenvalue weighted by molar-refractivity contribution is 7.80. The summed E-state index contributed by atoms with van der Waals surface area (Å²) in [6.07, 6.45) is 3.39. The summed E-state index contributed by atoms with van der Waals surface area (Å²) in [6, 6.07) is 0. The molecular formula is C12H18N2O2S. The van der Waals surface area contributed by atoms with Gasteiger partial charge in [-0.1, -0.05) is 26.3 Å². The lowest BCUT2D eigenvalue weighted by molar-refractivity contribution is -0.143. The Morgan fingerprint density at radius 2 is 2.24 bits per heavy atom. The summed E-state index contributed by atoms with van der Waals surface area (Å²) in [5.74, 6) is -1.08. The number of hydrogen-bond acceptors (Lipinski definition) is 3. The van der Waals surface area contributed by atoms with E-state index in [0.29, 0.717) is 6.54 Å². The number of carbonyl (C=O) groups excluding carboxylic acids is 2. The lowest BCUT2D eigenvalue weighted by Gasteiger charge is -2.34. The number of rotatable bonds is 5. The van der Waals surface area contributed by atoms with Crippen LogP contribution in [0.4, 0.5) is 0 Å². The summed E-state index contributed by atoms with van der Waals surface area (Å²) in [7, 11) is 0. The van der Waals surface area contributed by atoms with Crippen LogP contribution in [0.1, 0.15) is 26.7 Å². The van der Waals surface area contributed by atoms with Gasteiger partial charge in [0.2, 0.25) is 11.8 Å². The molecule has 0 spiro atoms. The topological polar surface area (TPSA) is 49.4 Å². The van der Waals surface area contributed by atoms with Gasteiger partial charge in [-0.3, -0.25) is 14.5 Å². The smallest absolute Gasteiger partial charge is 0.241 e. The third-order valence-electron chi connectivity index (χ3n) is 2.91. The van der Waals surface area contributed by atoms with Crippen molar-refractivity contribution < 1.29 is 9.59 Å². The van der Waals surface area contributed by atoms with Crippen LogP contribution in [-0.2, 0) is 9.59 Å². The van der Waals surface area contributed by atoms with Crippen molar-refractivity contribution in [2.45, 2.75) is 26.7 Å². The summed E-state index contributed by atoms with van der Waals surface area (Å²) < 4.78 is 0. The van der Waals surface area contributed by atoms with E-state index in [0.717, 1.165) is 12.8 Å². The zero-order valence-electron chi connectivity index (χ0n) is 10.2. The zero-order chi connectivity index (χ0) is 13.0. The van der Waals surface area contributed by atoms with Crippen LogP contribution in [0.3, 0.4) is 0 Å². The Morgan fingerprint density at radius 3 is 2.76 bits per heavy atom. The maximum Gasteiger partial charge on any atom is 0.241 e. The second kappa shape index (κ2) is 5.91. The molecule has 0 radical (unpaired) electrons. The Labute approximate surface area is 107 Å². The minimum atomic E-state index is -0.624. The molecule has 4 nitrogen and oxygen atoms in total. The van der Waals surface area contributed by atoms with E-state index in [1.165, 1.54) is 4.90 Å². The predicted octanol–water partition coefficient (Wildman–Crippen LogP) is 1.47. The molecule has 0 bridgehead atoms. The van der Waals surface area contributed by atoms with Gasteiger partial charge >= 0.3 is 0 Å². The minimum Gasteiger partial charge on any atom is -0.302 e. The van der Waals surface area contributed by atoms with E-state index in [4.69, 9.17) is 12.2 Å². The molecule has 1 heterocycles. The highest BCUT2D eigenvalue weighted by Gasteiger charge is 2.40. The molecule has 0 aromatic rings. The van der Waals surface area contributed by atoms with Crippen molar-refractivity contribution in [2.75, 3.05) is 6.54 Å². The van der Waals surface area contributed by atoms with Crippen LogP contribution >= 0.6 is 12.2 Å². The van der Waals surface area contributed by atoms with Gasteiger partial charge < -0.3 is 5.32 Å². The highest BCUT2D eigenvalue weighted by Crippen LogP contribution is 2.23. The van der Waals surface area contributed by atoms with E-state index in [-0.39, 0.29) is 22.8 Å². The lowest BCUT2D eigenvalue weighted by Crippen LogP contribution is -2.59. The van der Waals surface area contributed by atoms with Crippen molar-refractivity contribution in [1.82, 2.24) is 10.2 Å². The molecule has 94 valence electrons. The van der Waals surface area contributed by atoms with E-state index in [1.54, 1.807) is 6.08 Å². The normalized spacial score (nSPS) is 22.4. The molecule has 2 amide bonds. The molecule has 0 aliphatic carbocycles. The van der Waals surface area contributed by atoms with Crippen LogP contribution in [0.2, 0.25) is 0 Å². The number of carbonyl (C=O) groups is 2. The minimum absolute atomic E-state index is 0.0305. The SMILES string of the molecule is C=CCN1C(=O)C(C(C)CCC)C(=O)NC1=S. The third kappa shape index (κ3) is 2.91. The molecule has 0 aromatic carbocycles. The van der Waals surface area contributed by atoms with E-state index >= 15 is 0 Å². The van der Waals surface area contributed by atoms with E-state index in [1.807, 2.05) is 13.8 Å². The average Bonchev–Trinajstić information content (AvgIpc) is 2.24. The number of nitrogens with zero attached hydrogens (tertiary/aromatic N) is 1. The second-order valence-corrected chi connectivity index (χ2v) is 4.66. The highest BCUT2D eigenvalue weighted by atomic mass is 32.1. The van der Waals surface area contributed by atoms with Gasteiger partial charge in [0.1, 0.15) is 5.92 Å². The monoisotopic (exact) mass is 254 g/mol. The molecule has 2 atom stereocenters. The van der Waals surface area contributed by atoms with Crippen LogP contribution < -0.4 is 5.32 Å². The Balaban J connectivity index is 2.89. The number of amides is 2. The van der Waals surface area contributed by atoms with Crippen molar-refractivity contribution in [2.24, 2.45) is 11.8 Å². The fraction of sp³-hybridized carbons (Fsp3) is 0.583. The molecule has 0 saturated carbocycles. The van der Waals surface area contributed by atoms with E-state index < -0.39 is 5.92 Å². The predicted molar refractivity (Wildman–Crippen MR) is 70.2 cm³/mol. The Morgan fingerprint density at radius 1 is 1.59 bits per heavy atom. The van der Waals surface area contributed by atoms with E-state index in [9.17, 15) is 9.59 Å². The molecule has 1 rings (SSSR count). The van der Waals surface area contributed by atoms with Crippen LogP contribution in [0.25, 0.3) is 0 Å². The first-order valence-corrected chi connectivity index (χ1v) is 6.20. The summed E-state index contributed by atoms with van der Waals surface area (Å²) in [5, 5.41) is 2.76. The van der Waals surface area contributed by atoms with Crippen molar-refractivity contribution in [3.05, 3.63) is 12.7 Å². The van der Waals surface area contributed by atoms with Crippen LogP contribution in [0.15, 0.2) is 12.7 Å². The Kier molecular flexibility index (Phi) is 4.81. The first-order valence-electron chi connectivity index (χ1n) is 5.80.